The number of anilines is 2. The maximum atomic E-state index is 5.63. The van der Waals surface area contributed by atoms with Gasteiger partial charge in [0.15, 0.2) is 11.0 Å². The molecule has 3 nitrogen and oxygen atoms in total. The second kappa shape index (κ2) is 4.28. The van der Waals surface area contributed by atoms with Crippen LogP contribution in [-0.4, -0.2) is 10.2 Å². The molecule has 4 heteroatoms. The number of rotatable bonds is 2. The fraction of sp³-hybridized carbons (Fsp3) is 0.0909. The summed E-state index contributed by atoms with van der Waals surface area (Å²) < 4.78 is 0. The molecule has 0 bridgehead atoms. The van der Waals surface area contributed by atoms with Gasteiger partial charge in [0.1, 0.15) is 0 Å². The lowest BCUT2D eigenvalue weighted by molar-refractivity contribution is 1.04. The lowest BCUT2D eigenvalue weighted by Gasteiger charge is -2.04. The van der Waals surface area contributed by atoms with Gasteiger partial charge in [0.2, 0.25) is 0 Å². The highest BCUT2D eigenvalue weighted by Crippen LogP contribution is 2.15. The zero-order valence-corrected chi connectivity index (χ0v) is 8.99. The maximum Gasteiger partial charge on any atom is 0.153 e. The number of aromatic nitrogens is 2. The van der Waals surface area contributed by atoms with Crippen LogP contribution in [0.25, 0.3) is 0 Å². The van der Waals surface area contributed by atoms with E-state index in [9.17, 15) is 0 Å². The number of hydrogen-bond donors (Lipinski definition) is 1. The Bertz CT molecular complexity index is 393. The van der Waals surface area contributed by atoms with Gasteiger partial charge in [-0.15, -0.1) is 10.2 Å². The molecular formula is C11H10ClN3. The van der Waals surface area contributed by atoms with Gasteiger partial charge in [-0.2, -0.15) is 0 Å². The van der Waals surface area contributed by atoms with Crippen molar-refractivity contribution in [2.45, 2.75) is 6.92 Å². The highest BCUT2D eigenvalue weighted by Gasteiger charge is 1.96. The molecule has 1 aromatic carbocycles. The number of hydrogen-bond acceptors (Lipinski definition) is 3. The van der Waals surface area contributed by atoms with E-state index < -0.39 is 0 Å². The first kappa shape index (κ1) is 9.93. The Hall–Kier alpha value is -1.61. The van der Waals surface area contributed by atoms with Crippen molar-refractivity contribution in [1.82, 2.24) is 10.2 Å². The van der Waals surface area contributed by atoms with Gasteiger partial charge in [-0.1, -0.05) is 29.3 Å². The summed E-state index contributed by atoms with van der Waals surface area (Å²) in [6.45, 7) is 2.05. The van der Waals surface area contributed by atoms with E-state index in [2.05, 4.69) is 15.5 Å². The zero-order valence-electron chi connectivity index (χ0n) is 8.24. The number of halogens is 1. The molecule has 0 saturated heterocycles. The first-order valence-electron chi connectivity index (χ1n) is 4.57. The van der Waals surface area contributed by atoms with E-state index in [0.29, 0.717) is 11.0 Å². The second-order valence-corrected chi connectivity index (χ2v) is 3.62. The summed E-state index contributed by atoms with van der Waals surface area (Å²) in [5, 5.41) is 11.2. The number of aryl methyl sites for hydroxylation is 1. The van der Waals surface area contributed by atoms with Crippen LogP contribution in [-0.2, 0) is 0 Å². The quantitative estimate of drug-likeness (QED) is 0.843. The van der Waals surface area contributed by atoms with Gasteiger partial charge in [-0.25, -0.2) is 0 Å². The fourth-order valence-electron chi connectivity index (χ4n) is 1.17. The van der Waals surface area contributed by atoms with Crippen LogP contribution in [0.3, 0.4) is 0 Å². The molecule has 15 heavy (non-hydrogen) atoms. The molecule has 2 aromatic rings. The molecule has 0 aliphatic rings. The Morgan fingerprint density at radius 3 is 2.33 bits per heavy atom. The first-order valence-corrected chi connectivity index (χ1v) is 4.95. The van der Waals surface area contributed by atoms with Crippen molar-refractivity contribution in [2.24, 2.45) is 0 Å². The van der Waals surface area contributed by atoms with Crippen molar-refractivity contribution >= 4 is 23.1 Å². The summed E-state index contributed by atoms with van der Waals surface area (Å²) in [6.07, 6.45) is 0. The van der Waals surface area contributed by atoms with Crippen molar-refractivity contribution in [1.29, 1.82) is 0 Å². The van der Waals surface area contributed by atoms with Crippen molar-refractivity contribution in [2.75, 3.05) is 5.32 Å². The minimum absolute atomic E-state index is 0.393. The Kier molecular flexibility index (Phi) is 2.83. The first-order chi connectivity index (χ1) is 7.24. The summed E-state index contributed by atoms with van der Waals surface area (Å²) in [7, 11) is 0. The molecule has 1 aromatic heterocycles. The van der Waals surface area contributed by atoms with Crippen LogP contribution >= 0.6 is 11.6 Å². The molecule has 0 aliphatic carbocycles. The molecule has 2 rings (SSSR count). The van der Waals surface area contributed by atoms with Crippen molar-refractivity contribution in [3.63, 3.8) is 0 Å². The van der Waals surface area contributed by atoms with E-state index in [1.165, 1.54) is 5.56 Å². The van der Waals surface area contributed by atoms with Gasteiger partial charge in [0, 0.05) is 5.69 Å². The normalized spacial score (nSPS) is 10.0. The van der Waals surface area contributed by atoms with Gasteiger partial charge >= 0.3 is 0 Å². The molecule has 1 heterocycles. The van der Waals surface area contributed by atoms with E-state index in [1.54, 1.807) is 12.1 Å². The Labute approximate surface area is 93.1 Å². The molecule has 0 saturated carbocycles. The van der Waals surface area contributed by atoms with Crippen LogP contribution in [0.1, 0.15) is 5.56 Å². The highest BCUT2D eigenvalue weighted by molar-refractivity contribution is 6.29. The minimum atomic E-state index is 0.393. The molecule has 0 fully saturated rings. The van der Waals surface area contributed by atoms with E-state index >= 15 is 0 Å². The molecule has 0 atom stereocenters. The van der Waals surface area contributed by atoms with Gasteiger partial charge in [-0.3, -0.25) is 0 Å². The standard InChI is InChI=1S/C11H10ClN3/c1-8-2-4-9(5-3-8)13-11-7-6-10(12)14-15-11/h2-7H,1H3,(H,13,15). The van der Waals surface area contributed by atoms with Gasteiger partial charge in [0.05, 0.1) is 0 Å². The van der Waals surface area contributed by atoms with E-state index in [1.807, 2.05) is 31.2 Å². The predicted octanol–water partition coefficient (Wildman–Crippen LogP) is 3.18. The zero-order chi connectivity index (χ0) is 10.7. The van der Waals surface area contributed by atoms with Crippen LogP contribution in [0.4, 0.5) is 11.5 Å². The smallest absolute Gasteiger partial charge is 0.153 e. The fourth-order valence-corrected chi connectivity index (χ4v) is 1.27. The van der Waals surface area contributed by atoms with Gasteiger partial charge in [0.25, 0.3) is 0 Å². The third-order valence-electron chi connectivity index (χ3n) is 1.96. The Morgan fingerprint density at radius 1 is 1.00 bits per heavy atom. The molecule has 1 N–H and O–H groups in total. The SMILES string of the molecule is Cc1ccc(Nc2ccc(Cl)nn2)cc1. The lowest BCUT2D eigenvalue weighted by Crippen LogP contribution is -1.94. The van der Waals surface area contributed by atoms with E-state index in [0.717, 1.165) is 5.69 Å². The highest BCUT2D eigenvalue weighted by atomic mass is 35.5. The van der Waals surface area contributed by atoms with Crippen LogP contribution < -0.4 is 5.32 Å². The van der Waals surface area contributed by atoms with Crippen LogP contribution in [0.15, 0.2) is 36.4 Å². The van der Waals surface area contributed by atoms with Crippen LogP contribution in [0, 0.1) is 6.92 Å². The lowest BCUT2D eigenvalue weighted by atomic mass is 10.2. The topological polar surface area (TPSA) is 37.8 Å². The van der Waals surface area contributed by atoms with Crippen molar-refractivity contribution < 1.29 is 0 Å². The summed E-state index contributed by atoms with van der Waals surface area (Å²) in [5.74, 6) is 0.684. The monoisotopic (exact) mass is 219 g/mol. The number of nitrogens with zero attached hydrogens (tertiary/aromatic N) is 2. The molecule has 0 unspecified atom stereocenters. The van der Waals surface area contributed by atoms with Crippen molar-refractivity contribution in [3.05, 3.63) is 47.1 Å². The third-order valence-corrected chi connectivity index (χ3v) is 2.16. The second-order valence-electron chi connectivity index (χ2n) is 3.23. The third kappa shape index (κ3) is 2.67. The summed E-state index contributed by atoms with van der Waals surface area (Å²) >= 11 is 5.63. The van der Waals surface area contributed by atoms with Gasteiger partial charge in [-0.05, 0) is 31.2 Å². The summed E-state index contributed by atoms with van der Waals surface area (Å²) in [5.41, 5.74) is 2.21. The number of nitrogens with one attached hydrogen (secondary N) is 1. The predicted molar refractivity (Wildman–Crippen MR) is 61.5 cm³/mol. The van der Waals surface area contributed by atoms with Gasteiger partial charge < -0.3 is 5.32 Å². The number of benzene rings is 1. The van der Waals surface area contributed by atoms with Crippen LogP contribution in [0.2, 0.25) is 5.15 Å². The van der Waals surface area contributed by atoms with E-state index in [-0.39, 0.29) is 0 Å². The summed E-state index contributed by atoms with van der Waals surface area (Å²) in [4.78, 5) is 0. The summed E-state index contributed by atoms with van der Waals surface area (Å²) in [6, 6.07) is 11.5. The largest absolute Gasteiger partial charge is 0.339 e. The molecular weight excluding hydrogens is 210 g/mol. The molecule has 0 spiro atoms. The molecule has 76 valence electrons. The molecule has 0 radical (unpaired) electrons. The molecule has 0 aliphatic heterocycles. The molecule has 0 amide bonds. The van der Waals surface area contributed by atoms with Crippen molar-refractivity contribution in [3.8, 4) is 0 Å². The van der Waals surface area contributed by atoms with E-state index in [4.69, 9.17) is 11.6 Å². The average molecular weight is 220 g/mol. The Morgan fingerprint density at radius 2 is 1.73 bits per heavy atom. The van der Waals surface area contributed by atoms with Crippen LogP contribution in [0.5, 0.6) is 0 Å². The minimum Gasteiger partial charge on any atom is -0.339 e. The maximum absolute atomic E-state index is 5.63. The average Bonchev–Trinajstić information content (AvgIpc) is 2.25. The Balaban J connectivity index is 2.15.